The minimum absolute atomic E-state index is 0.461. The Kier molecular flexibility index (Phi) is 6.13. The largest absolute Gasteiger partial charge is 0.497 e. The van der Waals surface area contributed by atoms with E-state index in [1.807, 2.05) is 36.4 Å². The third-order valence-corrected chi connectivity index (χ3v) is 3.50. The fourth-order valence-corrected chi connectivity index (χ4v) is 2.17. The molecule has 0 unspecified atom stereocenters. The Morgan fingerprint density at radius 2 is 1.73 bits per heavy atom. The second-order valence-corrected chi connectivity index (χ2v) is 5.33. The molecule has 0 fully saturated rings. The van der Waals surface area contributed by atoms with Crippen LogP contribution in [0.15, 0.2) is 55.0 Å². The van der Waals surface area contributed by atoms with Crippen molar-refractivity contribution in [1.29, 1.82) is 0 Å². The number of anilines is 2. The topological polar surface area (TPSA) is 94.1 Å². The SMILES string of the molecule is COc1ccc(OCCNc2cnnc(NCc3ccncc3)n2)cc1. The van der Waals surface area contributed by atoms with Crippen molar-refractivity contribution in [2.75, 3.05) is 30.9 Å². The molecule has 0 radical (unpaired) electrons. The molecule has 0 spiro atoms. The number of hydrogen-bond donors (Lipinski definition) is 2. The molecule has 2 aromatic heterocycles. The van der Waals surface area contributed by atoms with Gasteiger partial charge in [-0.1, -0.05) is 0 Å². The van der Waals surface area contributed by atoms with E-state index < -0.39 is 0 Å². The van der Waals surface area contributed by atoms with Crippen LogP contribution in [-0.4, -0.2) is 40.4 Å². The van der Waals surface area contributed by atoms with Gasteiger partial charge in [-0.25, -0.2) is 0 Å². The second kappa shape index (κ2) is 9.16. The van der Waals surface area contributed by atoms with Gasteiger partial charge in [-0.3, -0.25) is 4.98 Å². The molecule has 8 heteroatoms. The molecule has 2 N–H and O–H groups in total. The molecule has 0 saturated heterocycles. The number of nitrogens with one attached hydrogen (secondary N) is 2. The first-order chi connectivity index (χ1) is 12.8. The maximum atomic E-state index is 5.66. The molecule has 0 saturated carbocycles. The lowest BCUT2D eigenvalue weighted by atomic mass is 10.3. The maximum Gasteiger partial charge on any atom is 0.244 e. The monoisotopic (exact) mass is 352 g/mol. The lowest BCUT2D eigenvalue weighted by Gasteiger charge is -2.09. The number of ether oxygens (including phenoxy) is 2. The summed E-state index contributed by atoms with van der Waals surface area (Å²) >= 11 is 0. The average Bonchev–Trinajstić information content (AvgIpc) is 2.71. The Bertz CT molecular complexity index is 798. The lowest BCUT2D eigenvalue weighted by molar-refractivity contribution is 0.331. The molecule has 1 aromatic carbocycles. The zero-order valence-corrected chi connectivity index (χ0v) is 14.4. The summed E-state index contributed by atoms with van der Waals surface area (Å²) in [6, 6.07) is 11.3. The standard InChI is InChI=1S/C18H20N6O2/c1-25-15-2-4-16(5-3-15)26-11-10-20-17-13-22-24-18(23-17)21-12-14-6-8-19-9-7-14/h2-9,13H,10-12H2,1H3,(H2,20,21,23,24). The van der Waals surface area contributed by atoms with E-state index in [9.17, 15) is 0 Å². The first-order valence-corrected chi connectivity index (χ1v) is 8.17. The van der Waals surface area contributed by atoms with Crippen LogP contribution < -0.4 is 20.1 Å². The summed E-state index contributed by atoms with van der Waals surface area (Å²) in [5.74, 6) is 2.68. The van der Waals surface area contributed by atoms with Gasteiger partial charge in [0.1, 0.15) is 18.1 Å². The Morgan fingerprint density at radius 1 is 0.962 bits per heavy atom. The van der Waals surface area contributed by atoms with Crippen molar-refractivity contribution < 1.29 is 9.47 Å². The third kappa shape index (κ3) is 5.30. The van der Waals surface area contributed by atoms with Gasteiger partial charge in [0.25, 0.3) is 0 Å². The van der Waals surface area contributed by atoms with Gasteiger partial charge in [-0.05, 0) is 42.0 Å². The second-order valence-electron chi connectivity index (χ2n) is 5.33. The first kappa shape index (κ1) is 17.4. The summed E-state index contributed by atoms with van der Waals surface area (Å²) in [7, 11) is 1.63. The van der Waals surface area contributed by atoms with Crippen molar-refractivity contribution in [1.82, 2.24) is 20.2 Å². The van der Waals surface area contributed by atoms with Crippen LogP contribution in [0, 0.1) is 0 Å². The molecule has 2 heterocycles. The van der Waals surface area contributed by atoms with Crippen molar-refractivity contribution in [3.63, 3.8) is 0 Å². The van der Waals surface area contributed by atoms with Crippen LogP contribution in [0.2, 0.25) is 0 Å². The van der Waals surface area contributed by atoms with Crippen molar-refractivity contribution in [3.05, 3.63) is 60.6 Å². The quantitative estimate of drug-likeness (QED) is 0.567. The molecular weight excluding hydrogens is 332 g/mol. The minimum Gasteiger partial charge on any atom is -0.497 e. The highest BCUT2D eigenvalue weighted by molar-refractivity contribution is 5.37. The number of pyridine rings is 1. The van der Waals surface area contributed by atoms with Crippen LogP contribution in [0.5, 0.6) is 11.5 Å². The summed E-state index contributed by atoms with van der Waals surface area (Å²) in [4.78, 5) is 8.36. The number of rotatable bonds is 9. The van der Waals surface area contributed by atoms with E-state index in [1.54, 1.807) is 25.7 Å². The molecule has 134 valence electrons. The van der Waals surface area contributed by atoms with Gasteiger partial charge in [0.2, 0.25) is 5.95 Å². The molecule has 26 heavy (non-hydrogen) atoms. The molecule has 3 aromatic rings. The van der Waals surface area contributed by atoms with Crippen LogP contribution in [0.4, 0.5) is 11.8 Å². The highest BCUT2D eigenvalue weighted by Crippen LogP contribution is 2.16. The lowest BCUT2D eigenvalue weighted by Crippen LogP contribution is -2.14. The predicted molar refractivity (Wildman–Crippen MR) is 98.4 cm³/mol. The normalized spacial score (nSPS) is 10.2. The van der Waals surface area contributed by atoms with Crippen LogP contribution in [0.3, 0.4) is 0 Å². The molecule has 0 atom stereocenters. The highest BCUT2D eigenvalue weighted by atomic mass is 16.5. The smallest absolute Gasteiger partial charge is 0.244 e. The fourth-order valence-electron chi connectivity index (χ4n) is 2.17. The molecule has 0 aliphatic heterocycles. The van der Waals surface area contributed by atoms with E-state index in [1.165, 1.54) is 0 Å². The summed E-state index contributed by atoms with van der Waals surface area (Å²) < 4.78 is 10.8. The molecule has 0 bridgehead atoms. The molecule has 3 rings (SSSR count). The van der Waals surface area contributed by atoms with E-state index in [2.05, 4.69) is 30.8 Å². The van der Waals surface area contributed by atoms with E-state index in [4.69, 9.17) is 9.47 Å². The van der Waals surface area contributed by atoms with Gasteiger partial charge < -0.3 is 20.1 Å². The first-order valence-electron chi connectivity index (χ1n) is 8.17. The Labute approximate surface area is 151 Å². The summed E-state index contributed by atoms with van der Waals surface area (Å²) in [5, 5.41) is 14.2. The summed E-state index contributed by atoms with van der Waals surface area (Å²) in [6.45, 7) is 1.69. The van der Waals surface area contributed by atoms with Crippen LogP contribution in [0.1, 0.15) is 5.56 Å². The fraction of sp³-hybridized carbons (Fsp3) is 0.222. The van der Waals surface area contributed by atoms with Crippen molar-refractivity contribution in [2.24, 2.45) is 0 Å². The number of aromatic nitrogens is 4. The van der Waals surface area contributed by atoms with Crippen LogP contribution >= 0.6 is 0 Å². The number of methoxy groups -OCH3 is 1. The van der Waals surface area contributed by atoms with E-state index >= 15 is 0 Å². The average molecular weight is 352 g/mol. The highest BCUT2D eigenvalue weighted by Gasteiger charge is 2.01. The van der Waals surface area contributed by atoms with E-state index in [-0.39, 0.29) is 0 Å². The molecule has 8 nitrogen and oxygen atoms in total. The zero-order valence-electron chi connectivity index (χ0n) is 14.4. The van der Waals surface area contributed by atoms with Gasteiger partial charge in [-0.2, -0.15) is 10.1 Å². The Balaban J connectivity index is 1.43. The summed E-state index contributed by atoms with van der Waals surface area (Å²) in [5.41, 5.74) is 1.09. The minimum atomic E-state index is 0.461. The van der Waals surface area contributed by atoms with Gasteiger partial charge >= 0.3 is 0 Å². The van der Waals surface area contributed by atoms with Gasteiger partial charge in [0.15, 0.2) is 5.82 Å². The number of nitrogens with zero attached hydrogens (tertiary/aromatic N) is 4. The Hall–Kier alpha value is -3.42. The summed E-state index contributed by atoms with van der Waals surface area (Å²) in [6.07, 6.45) is 5.07. The van der Waals surface area contributed by atoms with Gasteiger partial charge in [0, 0.05) is 18.9 Å². The van der Waals surface area contributed by atoms with Crippen molar-refractivity contribution in [2.45, 2.75) is 6.54 Å². The maximum absolute atomic E-state index is 5.66. The zero-order chi connectivity index (χ0) is 18.0. The molecule has 0 aliphatic rings. The number of hydrogen-bond acceptors (Lipinski definition) is 8. The van der Waals surface area contributed by atoms with Gasteiger partial charge in [-0.15, -0.1) is 5.10 Å². The molecular formula is C18H20N6O2. The number of benzene rings is 1. The molecule has 0 aliphatic carbocycles. The van der Waals surface area contributed by atoms with Crippen molar-refractivity contribution >= 4 is 11.8 Å². The van der Waals surface area contributed by atoms with Crippen LogP contribution in [-0.2, 0) is 6.54 Å². The van der Waals surface area contributed by atoms with Gasteiger partial charge in [0.05, 0.1) is 19.9 Å². The van der Waals surface area contributed by atoms with Crippen molar-refractivity contribution in [3.8, 4) is 11.5 Å². The molecule has 0 amide bonds. The predicted octanol–water partition coefficient (Wildman–Crippen LogP) is 2.38. The van der Waals surface area contributed by atoms with Crippen LogP contribution in [0.25, 0.3) is 0 Å². The third-order valence-electron chi connectivity index (χ3n) is 3.50. The van der Waals surface area contributed by atoms with E-state index in [0.717, 1.165) is 17.1 Å². The Morgan fingerprint density at radius 3 is 2.50 bits per heavy atom. The van der Waals surface area contributed by atoms with E-state index in [0.29, 0.717) is 31.5 Å².